The number of aromatic nitrogens is 2. The van der Waals surface area contributed by atoms with Gasteiger partial charge in [-0.3, -0.25) is 14.3 Å². The molecule has 1 aromatic heterocycles. The second-order valence-corrected chi connectivity index (χ2v) is 5.28. The van der Waals surface area contributed by atoms with Crippen molar-refractivity contribution in [2.45, 2.75) is 30.6 Å². The predicted molar refractivity (Wildman–Crippen MR) is 66.2 cm³/mol. The molecule has 0 bridgehead atoms. The minimum absolute atomic E-state index is 0.00259. The molecule has 1 aromatic rings. The van der Waals surface area contributed by atoms with Gasteiger partial charge in [-0.05, 0) is 25.5 Å². The van der Waals surface area contributed by atoms with Crippen molar-refractivity contribution >= 4 is 11.8 Å². The first kappa shape index (κ1) is 12.0. The van der Waals surface area contributed by atoms with Gasteiger partial charge in [-0.2, -0.15) is 17.0 Å². The summed E-state index contributed by atoms with van der Waals surface area (Å²) in [7, 11) is 0. The molecule has 2 rings (SSSR count). The number of hydrogen-bond donors (Lipinski definition) is 1. The summed E-state index contributed by atoms with van der Waals surface area (Å²) in [5, 5.41) is 9.34. The van der Waals surface area contributed by atoms with Crippen LogP contribution in [0.3, 0.4) is 0 Å². The van der Waals surface area contributed by atoms with E-state index in [2.05, 4.69) is 11.2 Å². The number of thioether (sulfide) groups is 1. The molecule has 2 unspecified atom stereocenters. The van der Waals surface area contributed by atoms with Crippen molar-refractivity contribution in [3.63, 3.8) is 0 Å². The zero-order chi connectivity index (χ0) is 12.4. The fourth-order valence-corrected chi connectivity index (χ4v) is 3.01. The Bertz CT molecular complexity index is 569. The van der Waals surface area contributed by atoms with Crippen LogP contribution in [0.4, 0.5) is 0 Å². The van der Waals surface area contributed by atoms with Gasteiger partial charge in [0.15, 0.2) is 0 Å². The van der Waals surface area contributed by atoms with E-state index in [4.69, 9.17) is 5.26 Å². The van der Waals surface area contributed by atoms with Gasteiger partial charge in [0.25, 0.3) is 5.56 Å². The van der Waals surface area contributed by atoms with E-state index in [-0.39, 0.29) is 11.6 Å². The Hall–Kier alpha value is -1.48. The quantitative estimate of drug-likeness (QED) is 0.845. The number of nitrogens with zero attached hydrogens (tertiary/aromatic N) is 2. The van der Waals surface area contributed by atoms with E-state index >= 15 is 0 Å². The highest BCUT2D eigenvalue weighted by Crippen LogP contribution is 2.35. The average Bonchev–Trinajstić information content (AvgIpc) is 2.78. The van der Waals surface area contributed by atoms with Crippen molar-refractivity contribution in [3.05, 3.63) is 32.6 Å². The Balaban J connectivity index is 2.37. The highest BCUT2D eigenvalue weighted by atomic mass is 32.2. The number of nitrogens with one attached hydrogen (secondary N) is 1. The highest BCUT2D eigenvalue weighted by Gasteiger charge is 2.26. The lowest BCUT2D eigenvalue weighted by Gasteiger charge is -2.13. The smallest absolute Gasteiger partial charge is 0.296 e. The van der Waals surface area contributed by atoms with Crippen LogP contribution >= 0.6 is 11.8 Å². The monoisotopic (exact) mass is 251 g/mol. The molecule has 2 atom stereocenters. The molecule has 0 aliphatic heterocycles. The van der Waals surface area contributed by atoms with Gasteiger partial charge in [-0.1, -0.05) is 0 Å². The van der Waals surface area contributed by atoms with Crippen LogP contribution in [0.15, 0.2) is 15.8 Å². The first-order chi connectivity index (χ1) is 8.15. The van der Waals surface area contributed by atoms with Crippen LogP contribution in [0.1, 0.15) is 30.9 Å². The van der Waals surface area contributed by atoms with E-state index in [9.17, 15) is 9.59 Å². The minimum atomic E-state index is -0.604. The summed E-state index contributed by atoms with van der Waals surface area (Å²) >= 11 is 1.80. The SMILES string of the molecule is CSC1CCC(n2cc(C#N)c(=O)[nH]c2=O)C1. The van der Waals surface area contributed by atoms with Crippen molar-refractivity contribution in [3.8, 4) is 6.07 Å². The van der Waals surface area contributed by atoms with Crippen molar-refractivity contribution in [1.82, 2.24) is 9.55 Å². The fraction of sp³-hybridized carbons (Fsp3) is 0.545. The molecule has 6 heteroatoms. The molecule has 0 radical (unpaired) electrons. The fourth-order valence-electron chi connectivity index (χ4n) is 2.22. The number of nitriles is 1. The molecule has 1 aliphatic carbocycles. The van der Waals surface area contributed by atoms with E-state index in [0.29, 0.717) is 5.25 Å². The van der Waals surface area contributed by atoms with Crippen LogP contribution in [0.5, 0.6) is 0 Å². The molecule has 1 aliphatic rings. The third kappa shape index (κ3) is 2.29. The van der Waals surface area contributed by atoms with Crippen molar-refractivity contribution in [2.24, 2.45) is 0 Å². The lowest BCUT2D eigenvalue weighted by molar-refractivity contribution is 0.491. The Morgan fingerprint density at radius 1 is 1.53 bits per heavy atom. The van der Waals surface area contributed by atoms with Crippen molar-refractivity contribution in [2.75, 3.05) is 6.26 Å². The van der Waals surface area contributed by atoms with E-state index < -0.39 is 11.2 Å². The van der Waals surface area contributed by atoms with Crippen LogP contribution in [0.2, 0.25) is 0 Å². The second-order valence-electron chi connectivity index (χ2n) is 4.15. The third-order valence-corrected chi connectivity index (χ3v) is 4.27. The third-order valence-electron chi connectivity index (χ3n) is 3.17. The summed E-state index contributed by atoms with van der Waals surface area (Å²) in [5.74, 6) is 0. The van der Waals surface area contributed by atoms with E-state index in [1.54, 1.807) is 17.8 Å². The summed E-state index contributed by atoms with van der Waals surface area (Å²) in [4.78, 5) is 25.1. The lowest BCUT2D eigenvalue weighted by Crippen LogP contribution is -2.32. The Morgan fingerprint density at radius 2 is 2.29 bits per heavy atom. The first-order valence-corrected chi connectivity index (χ1v) is 6.73. The van der Waals surface area contributed by atoms with Crippen molar-refractivity contribution in [1.29, 1.82) is 5.26 Å². The molecule has 0 aromatic carbocycles. The minimum Gasteiger partial charge on any atom is -0.296 e. The maximum atomic E-state index is 11.7. The van der Waals surface area contributed by atoms with Gasteiger partial charge in [-0.15, -0.1) is 0 Å². The maximum Gasteiger partial charge on any atom is 0.328 e. The molecular formula is C11H13N3O2S. The Morgan fingerprint density at radius 3 is 2.88 bits per heavy atom. The lowest BCUT2D eigenvalue weighted by atomic mass is 10.2. The average molecular weight is 251 g/mol. The van der Waals surface area contributed by atoms with Crippen LogP contribution in [0.25, 0.3) is 0 Å². The van der Waals surface area contributed by atoms with E-state index in [1.165, 1.54) is 10.8 Å². The molecule has 1 saturated carbocycles. The molecular weight excluding hydrogens is 238 g/mol. The molecule has 90 valence electrons. The molecule has 0 saturated heterocycles. The van der Waals surface area contributed by atoms with Crippen LogP contribution in [0, 0.1) is 11.3 Å². The zero-order valence-electron chi connectivity index (χ0n) is 9.47. The number of aromatic amines is 1. The molecule has 0 spiro atoms. The maximum absolute atomic E-state index is 11.7. The summed E-state index contributed by atoms with van der Waals surface area (Å²) in [6.07, 6.45) is 6.34. The van der Waals surface area contributed by atoms with Gasteiger partial charge >= 0.3 is 5.69 Å². The molecule has 1 fully saturated rings. The number of hydrogen-bond acceptors (Lipinski definition) is 4. The van der Waals surface area contributed by atoms with Gasteiger partial charge in [-0.25, -0.2) is 4.79 Å². The zero-order valence-corrected chi connectivity index (χ0v) is 10.3. The van der Waals surface area contributed by atoms with Gasteiger partial charge < -0.3 is 0 Å². The van der Waals surface area contributed by atoms with Gasteiger partial charge in [0.2, 0.25) is 0 Å². The van der Waals surface area contributed by atoms with E-state index in [0.717, 1.165) is 19.3 Å². The molecule has 0 amide bonds. The molecule has 1 heterocycles. The predicted octanol–water partition coefficient (Wildman–Crippen LogP) is 0.865. The summed E-state index contributed by atoms with van der Waals surface area (Å²) in [5.41, 5.74) is -1.02. The van der Waals surface area contributed by atoms with Crippen LogP contribution < -0.4 is 11.2 Å². The van der Waals surface area contributed by atoms with Gasteiger partial charge in [0.05, 0.1) is 0 Å². The van der Waals surface area contributed by atoms with Crippen molar-refractivity contribution < 1.29 is 0 Å². The second kappa shape index (κ2) is 4.80. The normalized spacial score (nSPS) is 23.5. The van der Waals surface area contributed by atoms with E-state index in [1.807, 2.05) is 0 Å². The topological polar surface area (TPSA) is 78.7 Å². The molecule has 5 nitrogen and oxygen atoms in total. The Kier molecular flexibility index (Phi) is 3.38. The molecule has 1 N–H and O–H groups in total. The molecule has 17 heavy (non-hydrogen) atoms. The van der Waals surface area contributed by atoms with Gasteiger partial charge in [0.1, 0.15) is 11.6 Å². The van der Waals surface area contributed by atoms with Gasteiger partial charge in [0, 0.05) is 17.5 Å². The van der Waals surface area contributed by atoms with Crippen LogP contribution in [-0.4, -0.2) is 21.1 Å². The highest BCUT2D eigenvalue weighted by molar-refractivity contribution is 7.99. The summed E-state index contributed by atoms with van der Waals surface area (Å²) in [6, 6.07) is 1.90. The standard InChI is InChI=1S/C11H13N3O2S/c1-17-9-3-2-8(4-9)14-6-7(5-12)10(15)13-11(14)16/h6,8-9H,2-4H2,1H3,(H,13,15,16). The first-order valence-electron chi connectivity index (χ1n) is 5.44. The largest absolute Gasteiger partial charge is 0.328 e. The summed E-state index contributed by atoms with van der Waals surface area (Å²) in [6.45, 7) is 0. The number of H-pyrrole nitrogens is 1. The Labute approximate surface area is 102 Å². The summed E-state index contributed by atoms with van der Waals surface area (Å²) < 4.78 is 1.50. The van der Waals surface area contributed by atoms with Crippen LogP contribution in [-0.2, 0) is 0 Å². The number of rotatable bonds is 2.